The molecular formula is C13H13BrFNO5S. The van der Waals surface area contributed by atoms with Gasteiger partial charge in [0.2, 0.25) is 0 Å². The van der Waals surface area contributed by atoms with Crippen molar-refractivity contribution in [3.05, 3.63) is 28.0 Å². The number of benzene rings is 1. The fourth-order valence-corrected chi connectivity index (χ4v) is 3.69. The Labute approximate surface area is 135 Å². The molecule has 1 N–H and O–H groups in total. The van der Waals surface area contributed by atoms with Crippen molar-refractivity contribution in [3.63, 3.8) is 0 Å². The van der Waals surface area contributed by atoms with E-state index in [9.17, 15) is 22.4 Å². The van der Waals surface area contributed by atoms with Gasteiger partial charge in [-0.05, 0) is 18.6 Å². The minimum absolute atomic E-state index is 0.0195. The summed E-state index contributed by atoms with van der Waals surface area (Å²) in [4.78, 5) is 23.9. The molecule has 6 nitrogen and oxygen atoms in total. The normalized spacial score (nSPS) is 18.5. The van der Waals surface area contributed by atoms with Crippen molar-refractivity contribution in [2.75, 3.05) is 19.3 Å². The zero-order valence-electron chi connectivity index (χ0n) is 11.5. The van der Waals surface area contributed by atoms with Gasteiger partial charge in [0.15, 0.2) is 15.7 Å². The molecule has 1 fully saturated rings. The number of hydrogen-bond donors (Lipinski definition) is 1. The van der Waals surface area contributed by atoms with Gasteiger partial charge >= 0.3 is 5.97 Å². The summed E-state index contributed by atoms with van der Waals surface area (Å²) in [6.45, 7) is 0.171. The monoisotopic (exact) mass is 393 g/mol. The fourth-order valence-electron chi connectivity index (χ4n) is 2.31. The third kappa shape index (κ3) is 3.30. The van der Waals surface area contributed by atoms with E-state index in [1.165, 1.54) is 11.0 Å². The third-order valence-electron chi connectivity index (χ3n) is 3.46. The van der Waals surface area contributed by atoms with Crippen LogP contribution in [-0.4, -0.2) is 49.6 Å². The molecule has 0 aliphatic carbocycles. The molecule has 0 aromatic heterocycles. The molecule has 0 radical (unpaired) electrons. The van der Waals surface area contributed by atoms with E-state index in [4.69, 9.17) is 5.11 Å². The average molecular weight is 394 g/mol. The highest BCUT2D eigenvalue weighted by Crippen LogP contribution is 2.27. The van der Waals surface area contributed by atoms with Crippen LogP contribution in [0.3, 0.4) is 0 Å². The number of sulfone groups is 1. The van der Waals surface area contributed by atoms with Crippen LogP contribution in [0.25, 0.3) is 0 Å². The number of carboxylic acid groups (broad SMARTS) is 1. The van der Waals surface area contributed by atoms with Crippen LogP contribution < -0.4 is 0 Å². The number of amides is 1. The highest BCUT2D eigenvalue weighted by molar-refractivity contribution is 9.10. The summed E-state index contributed by atoms with van der Waals surface area (Å²) < 4.78 is 37.8. The van der Waals surface area contributed by atoms with Gasteiger partial charge in [0.05, 0.1) is 11.5 Å². The maximum Gasteiger partial charge on any atom is 0.308 e. The summed E-state index contributed by atoms with van der Waals surface area (Å²) in [5.74, 6) is -3.53. The Morgan fingerprint density at radius 3 is 2.55 bits per heavy atom. The van der Waals surface area contributed by atoms with Crippen molar-refractivity contribution in [3.8, 4) is 0 Å². The Bertz CT molecular complexity index is 749. The molecule has 120 valence electrons. The second-order valence-electron chi connectivity index (χ2n) is 5.11. The van der Waals surface area contributed by atoms with Crippen LogP contribution in [0.15, 0.2) is 21.5 Å². The Morgan fingerprint density at radius 1 is 1.41 bits per heavy atom. The number of carbonyl (C=O) groups is 2. The summed E-state index contributed by atoms with van der Waals surface area (Å²) in [6.07, 6.45) is 1.14. The first-order valence-corrected chi connectivity index (χ1v) is 9.01. The zero-order chi connectivity index (χ0) is 16.7. The number of halogens is 2. The largest absolute Gasteiger partial charge is 0.481 e. The summed E-state index contributed by atoms with van der Waals surface area (Å²) in [5, 5.41) is 8.93. The van der Waals surface area contributed by atoms with E-state index in [1.807, 2.05) is 0 Å². The summed E-state index contributed by atoms with van der Waals surface area (Å²) in [5.41, 5.74) is -0.388. The smallest absolute Gasteiger partial charge is 0.308 e. The second-order valence-corrected chi connectivity index (χ2v) is 8.01. The molecule has 0 spiro atoms. The predicted octanol–water partition coefficient (Wildman–Crippen LogP) is 1.54. The van der Waals surface area contributed by atoms with Gasteiger partial charge in [-0.25, -0.2) is 12.8 Å². The fraction of sp³-hybridized carbons (Fsp3) is 0.385. The second kappa shape index (κ2) is 5.96. The molecule has 1 amide bonds. The van der Waals surface area contributed by atoms with Crippen LogP contribution in [0.4, 0.5) is 4.39 Å². The van der Waals surface area contributed by atoms with E-state index < -0.39 is 38.3 Å². The summed E-state index contributed by atoms with van der Waals surface area (Å²) in [6, 6.07) is 2.28. The van der Waals surface area contributed by atoms with E-state index in [1.54, 1.807) is 0 Å². The molecule has 0 bridgehead atoms. The van der Waals surface area contributed by atoms with Gasteiger partial charge in [0, 0.05) is 23.8 Å². The van der Waals surface area contributed by atoms with E-state index in [-0.39, 0.29) is 29.5 Å². The van der Waals surface area contributed by atoms with Crippen LogP contribution in [-0.2, 0) is 14.6 Å². The molecule has 1 saturated heterocycles. The lowest BCUT2D eigenvalue weighted by molar-refractivity contribution is -0.141. The highest BCUT2D eigenvalue weighted by atomic mass is 79.9. The molecule has 1 aromatic carbocycles. The lowest BCUT2D eigenvalue weighted by atomic mass is 10.1. The first kappa shape index (κ1) is 16.9. The average Bonchev–Trinajstić information content (AvgIpc) is 2.88. The molecule has 1 heterocycles. The Hall–Kier alpha value is -1.48. The van der Waals surface area contributed by atoms with Crippen molar-refractivity contribution in [1.82, 2.24) is 4.90 Å². The molecule has 9 heteroatoms. The highest BCUT2D eigenvalue weighted by Gasteiger charge is 2.33. The first-order chi connectivity index (χ1) is 10.1. The molecule has 22 heavy (non-hydrogen) atoms. The molecule has 1 atom stereocenters. The van der Waals surface area contributed by atoms with Gasteiger partial charge in [0.1, 0.15) is 4.90 Å². The SMILES string of the molecule is CS(=O)(=O)c1cc(Br)cc(C(=O)N2CCC(C(=O)O)C2)c1F. The molecule has 2 rings (SSSR count). The quantitative estimate of drug-likeness (QED) is 0.840. The first-order valence-electron chi connectivity index (χ1n) is 6.32. The molecule has 1 aromatic rings. The van der Waals surface area contributed by atoms with Gasteiger partial charge < -0.3 is 10.0 Å². The molecule has 1 aliphatic rings. The minimum Gasteiger partial charge on any atom is -0.481 e. The van der Waals surface area contributed by atoms with Crippen molar-refractivity contribution in [2.24, 2.45) is 5.92 Å². The van der Waals surface area contributed by atoms with E-state index in [0.717, 1.165) is 12.3 Å². The number of rotatable bonds is 3. The number of likely N-dealkylation sites (tertiary alicyclic amines) is 1. The Balaban J connectivity index is 2.39. The van der Waals surface area contributed by atoms with Gasteiger partial charge in [-0.1, -0.05) is 15.9 Å². The van der Waals surface area contributed by atoms with Crippen LogP contribution >= 0.6 is 15.9 Å². The maximum atomic E-state index is 14.3. The third-order valence-corrected chi connectivity index (χ3v) is 5.01. The number of aliphatic carboxylic acids is 1. The van der Waals surface area contributed by atoms with Crippen molar-refractivity contribution >= 4 is 37.6 Å². The van der Waals surface area contributed by atoms with Crippen LogP contribution in [0.2, 0.25) is 0 Å². The number of carboxylic acids is 1. The van der Waals surface area contributed by atoms with E-state index in [2.05, 4.69) is 15.9 Å². The van der Waals surface area contributed by atoms with Gasteiger partial charge in [-0.3, -0.25) is 9.59 Å². The van der Waals surface area contributed by atoms with Crippen LogP contribution in [0.5, 0.6) is 0 Å². The van der Waals surface area contributed by atoms with Gasteiger partial charge in [0.25, 0.3) is 5.91 Å². The topological polar surface area (TPSA) is 91.8 Å². The Kier molecular flexibility index (Phi) is 4.57. The molecular weight excluding hydrogens is 381 g/mol. The van der Waals surface area contributed by atoms with Crippen LogP contribution in [0.1, 0.15) is 16.8 Å². The summed E-state index contributed by atoms with van der Waals surface area (Å²) >= 11 is 3.06. The van der Waals surface area contributed by atoms with Crippen molar-refractivity contribution in [1.29, 1.82) is 0 Å². The Morgan fingerprint density at radius 2 is 2.05 bits per heavy atom. The van der Waals surface area contributed by atoms with Gasteiger partial charge in [-0.2, -0.15) is 0 Å². The van der Waals surface area contributed by atoms with Crippen molar-refractivity contribution < 1.29 is 27.5 Å². The van der Waals surface area contributed by atoms with Crippen LogP contribution in [0, 0.1) is 11.7 Å². The molecule has 0 saturated carbocycles. The molecule has 1 unspecified atom stereocenters. The van der Waals surface area contributed by atoms with Gasteiger partial charge in [-0.15, -0.1) is 0 Å². The van der Waals surface area contributed by atoms with Crippen molar-refractivity contribution in [2.45, 2.75) is 11.3 Å². The number of carbonyl (C=O) groups excluding carboxylic acids is 1. The zero-order valence-corrected chi connectivity index (χ0v) is 13.9. The number of nitrogens with zero attached hydrogens (tertiary/aromatic N) is 1. The summed E-state index contributed by atoms with van der Waals surface area (Å²) in [7, 11) is -3.83. The number of hydrogen-bond acceptors (Lipinski definition) is 4. The lowest BCUT2D eigenvalue weighted by Crippen LogP contribution is -2.31. The maximum absolute atomic E-state index is 14.3. The molecule has 1 aliphatic heterocycles. The lowest BCUT2D eigenvalue weighted by Gasteiger charge is -2.17. The van der Waals surface area contributed by atoms with E-state index >= 15 is 0 Å². The predicted molar refractivity (Wildman–Crippen MR) is 78.9 cm³/mol. The minimum atomic E-state index is -3.83. The van der Waals surface area contributed by atoms with E-state index in [0.29, 0.717) is 0 Å². The standard InChI is InChI=1S/C13H13BrFNO5S/c1-22(20,21)10-5-8(14)4-9(11(10)15)12(17)16-3-2-7(6-16)13(18)19/h4-5,7H,2-3,6H2,1H3,(H,18,19).